The summed E-state index contributed by atoms with van der Waals surface area (Å²) in [6.07, 6.45) is 6.33. The molecule has 0 radical (unpaired) electrons. The van der Waals surface area contributed by atoms with E-state index >= 15 is 4.57 Å². The normalized spacial score (nSPS) is 14.4. The Kier molecular flexibility index (Phi) is 20.2. The monoisotopic (exact) mass is 1180 g/mol. The van der Waals surface area contributed by atoms with Gasteiger partial charge in [0.2, 0.25) is 0 Å². The molecule has 0 aliphatic rings. The van der Waals surface area contributed by atoms with Crippen LogP contribution >= 0.6 is 28.3 Å². The van der Waals surface area contributed by atoms with Gasteiger partial charge in [0.1, 0.15) is 0 Å². The van der Waals surface area contributed by atoms with Crippen LogP contribution in [-0.2, 0) is 17.5 Å². The number of rotatable bonds is 30. The van der Waals surface area contributed by atoms with Crippen molar-refractivity contribution in [2.45, 2.75) is 38.5 Å². The maximum absolute atomic E-state index is 20.1. The molecule has 0 aromatic heterocycles. The van der Waals surface area contributed by atoms with Crippen molar-refractivity contribution in [1.82, 2.24) is 14.7 Å². The first-order valence-electron chi connectivity index (χ1n) is 29.6. The zero-order valence-electron chi connectivity index (χ0n) is 49.7. The average Bonchev–Trinajstić information content (AvgIpc) is 1.14. The van der Waals surface area contributed by atoms with Crippen LogP contribution in [0.25, 0.3) is 0 Å². The number of nitrogens with zero attached hydrogens (tertiary/aromatic N) is 3. The Morgan fingerprint density at radius 3 is 0.530 bits per heavy atom. The summed E-state index contributed by atoms with van der Waals surface area (Å²) >= 11 is 0. The molecule has 0 aliphatic carbocycles. The van der Waals surface area contributed by atoms with E-state index in [-0.39, 0.29) is 0 Å². The molecule has 0 amide bonds. The Morgan fingerprint density at radius 2 is 0.398 bits per heavy atom. The van der Waals surface area contributed by atoms with Gasteiger partial charge in [-0.25, -0.2) is 0 Å². The Balaban J connectivity index is 1.55. The Morgan fingerprint density at radius 1 is 0.253 bits per heavy atom. The van der Waals surface area contributed by atoms with Crippen LogP contribution < -0.4 is 47.7 Å². The molecule has 9 aromatic rings. The van der Waals surface area contributed by atoms with Crippen LogP contribution in [0.1, 0.15) is 38.5 Å². The van der Waals surface area contributed by atoms with E-state index in [9.17, 15) is 0 Å². The molecule has 0 aliphatic heterocycles. The fourth-order valence-electron chi connectivity index (χ4n) is 13.0. The van der Waals surface area contributed by atoms with E-state index in [1.54, 1.807) is 0 Å². The third kappa shape index (κ3) is 12.1. The zero-order chi connectivity index (χ0) is 58.2. The van der Waals surface area contributed by atoms with E-state index in [4.69, 9.17) is 12.9 Å². The van der Waals surface area contributed by atoms with Crippen molar-refractivity contribution in [2.75, 3.05) is 80.4 Å². The molecular formula is C72H87N3O4P4. The fourth-order valence-corrected chi connectivity index (χ4v) is 38.5. The van der Waals surface area contributed by atoms with Crippen molar-refractivity contribution >= 4 is 76.1 Å². The van der Waals surface area contributed by atoms with Crippen molar-refractivity contribution < 1.29 is 17.5 Å². The van der Waals surface area contributed by atoms with Crippen molar-refractivity contribution in [3.05, 3.63) is 273 Å². The Hall–Kier alpha value is -5.74. The van der Waals surface area contributed by atoms with Crippen molar-refractivity contribution in [3.8, 4) is 0 Å². The number of hydrogen-bond acceptors (Lipinski definition) is 7. The molecule has 0 fully saturated rings. The van der Waals surface area contributed by atoms with Crippen molar-refractivity contribution in [1.29, 1.82) is 0 Å². The summed E-state index contributed by atoms with van der Waals surface area (Å²) < 4.78 is 47.2. The molecule has 434 valence electrons. The molecule has 0 saturated carbocycles. The molecule has 0 heterocycles. The van der Waals surface area contributed by atoms with Crippen molar-refractivity contribution in [3.63, 3.8) is 0 Å². The summed E-state index contributed by atoms with van der Waals surface area (Å²) in [5.41, 5.74) is 0. The molecule has 0 N–H and O–H groups in total. The summed E-state index contributed by atoms with van der Waals surface area (Å²) in [7, 11) is 7.47. The molecular weight excluding hydrogens is 1090 g/mol. The van der Waals surface area contributed by atoms with Crippen LogP contribution in [0, 0.1) is 0 Å². The van der Waals surface area contributed by atoms with Gasteiger partial charge < -0.3 is 0 Å². The predicted molar refractivity (Wildman–Crippen MR) is 364 cm³/mol. The van der Waals surface area contributed by atoms with E-state index in [1.165, 1.54) is 0 Å². The third-order valence-corrected chi connectivity index (χ3v) is 39.6. The van der Waals surface area contributed by atoms with E-state index in [0.717, 1.165) is 106 Å². The molecule has 9 aromatic carbocycles. The van der Waals surface area contributed by atoms with E-state index in [2.05, 4.69) is 330 Å². The van der Waals surface area contributed by atoms with Crippen LogP contribution in [-0.4, -0.2) is 95.1 Å². The molecule has 83 heavy (non-hydrogen) atoms. The second-order valence-corrected chi connectivity index (χ2v) is 39.2. The Labute approximate surface area is 497 Å². The minimum atomic E-state index is -5.33. The Bertz CT molecular complexity index is 2780. The van der Waals surface area contributed by atoms with Gasteiger partial charge in [-0.15, -0.1) is 0 Å². The minimum absolute atomic E-state index is 0.510. The second kappa shape index (κ2) is 27.1. The topological polar surface area (TPSA) is 54.5 Å². The van der Waals surface area contributed by atoms with Crippen LogP contribution in [0.5, 0.6) is 0 Å². The standard InChI is InChI=1S/C72H87N3O4P4/c1-73(2)58-34-37-61-81(64-40-16-7-17-41-64,65-42-18-8-19-43-65,66-44-20-9-21-45-66)77-80(76,78-82(62-38-35-59-74(3)4,67-46-22-10-23-47-67,68-48-24-11-25-49-68)69-50-26-12-27-51-69)79-83(63-39-36-60-75(5)6,70-52-28-13-29-53-70,71-54-30-14-31-55-71)72-56-32-15-33-57-72/h7-33,40-57H,34-39,58-63H2,1-6H3. The fraction of sp³-hybridized carbons (Fsp3) is 0.250. The molecule has 9 rings (SSSR count). The first-order valence-corrected chi connectivity index (χ1v) is 38.0. The maximum atomic E-state index is 20.1. The van der Waals surface area contributed by atoms with E-state index < -0.39 is 28.3 Å². The van der Waals surface area contributed by atoms with Gasteiger partial charge >= 0.3 is 500 Å². The first kappa shape index (κ1) is 61.8. The molecule has 0 unspecified atom stereocenters. The molecule has 11 heteroatoms. The molecule has 0 bridgehead atoms. The van der Waals surface area contributed by atoms with Gasteiger partial charge in [0, 0.05) is 0 Å². The van der Waals surface area contributed by atoms with E-state index in [1.807, 2.05) is 0 Å². The first-order chi connectivity index (χ1) is 40.3. The third-order valence-electron chi connectivity index (χ3n) is 16.9. The molecule has 7 nitrogen and oxygen atoms in total. The number of hydrogen-bond donors (Lipinski definition) is 0. The SMILES string of the molecule is CN(C)CCCCP(OP(=O)(OP(CCCCN(C)C)(c1ccccc1)(c1ccccc1)c1ccccc1)OP(CCCCN(C)C)(c1ccccc1)(c1ccccc1)c1ccccc1)(c1ccccc1)(c1ccccc1)c1ccccc1. The molecule has 0 spiro atoms. The van der Waals surface area contributed by atoms with Gasteiger partial charge in [0.05, 0.1) is 0 Å². The second-order valence-electron chi connectivity index (χ2n) is 23.1. The van der Waals surface area contributed by atoms with E-state index in [0.29, 0.717) is 18.5 Å². The quantitative estimate of drug-likeness (QED) is 0.0328. The number of benzene rings is 9. The van der Waals surface area contributed by atoms with Crippen LogP contribution in [0.15, 0.2) is 273 Å². The van der Waals surface area contributed by atoms with Gasteiger partial charge in [0.15, 0.2) is 0 Å². The number of phosphoric acid groups is 1. The van der Waals surface area contributed by atoms with Gasteiger partial charge in [-0.2, -0.15) is 0 Å². The van der Waals surface area contributed by atoms with Gasteiger partial charge in [-0.3, -0.25) is 0 Å². The van der Waals surface area contributed by atoms with Gasteiger partial charge in [-0.05, 0) is 0 Å². The van der Waals surface area contributed by atoms with Crippen molar-refractivity contribution in [2.24, 2.45) is 0 Å². The van der Waals surface area contributed by atoms with Gasteiger partial charge in [-0.1, -0.05) is 0 Å². The predicted octanol–water partition coefficient (Wildman–Crippen LogP) is 13.5. The van der Waals surface area contributed by atoms with Gasteiger partial charge in [0.25, 0.3) is 0 Å². The number of unbranched alkanes of at least 4 members (excludes halogenated alkanes) is 3. The molecule has 0 atom stereocenters. The summed E-state index contributed by atoms with van der Waals surface area (Å²) in [5.74, 6) is 0. The summed E-state index contributed by atoms with van der Waals surface area (Å²) in [5, 5.41) is 8.53. The zero-order valence-corrected chi connectivity index (χ0v) is 53.3. The molecule has 0 saturated heterocycles. The summed E-state index contributed by atoms with van der Waals surface area (Å²) in [6, 6.07) is 96.6. The van der Waals surface area contributed by atoms with Crippen LogP contribution in [0.4, 0.5) is 0 Å². The van der Waals surface area contributed by atoms with Crippen LogP contribution in [0.3, 0.4) is 0 Å². The summed E-state index contributed by atoms with van der Waals surface area (Å²) in [6.45, 7) is -11.6. The average molecular weight is 1180 g/mol. The summed E-state index contributed by atoms with van der Waals surface area (Å²) in [4.78, 5) is 6.75. The van der Waals surface area contributed by atoms with Crippen LogP contribution in [0.2, 0.25) is 0 Å².